The Bertz CT molecular complexity index is 183. The van der Waals surface area contributed by atoms with Crippen LogP contribution >= 0.6 is 0 Å². The number of esters is 1. The average Bonchev–Trinajstić information content (AvgIpc) is 2.16. The Kier molecular flexibility index (Phi) is 1.87. The van der Waals surface area contributed by atoms with Crippen molar-refractivity contribution in [3.63, 3.8) is 0 Å². The Morgan fingerprint density at radius 1 is 1.82 bits per heavy atom. The monoisotopic (exact) mass is 161 g/mol. The number of carbonyl (C=O) groups excluding carboxylic acids is 1. The van der Waals surface area contributed by atoms with E-state index in [-0.39, 0.29) is 0 Å². The lowest BCUT2D eigenvalue weighted by atomic mass is 9.95. The third-order valence-corrected chi connectivity index (χ3v) is 1.91. The number of aliphatic hydroxyl groups is 2. The van der Waals surface area contributed by atoms with Crippen LogP contribution in [0.25, 0.3) is 0 Å². The van der Waals surface area contributed by atoms with E-state index >= 15 is 0 Å². The maximum atomic E-state index is 10.9. The molecule has 64 valence electrons. The molecule has 1 aliphatic heterocycles. The molecule has 11 heavy (non-hydrogen) atoms. The molecule has 1 aliphatic rings. The van der Waals surface area contributed by atoms with E-state index in [9.17, 15) is 9.90 Å². The molecule has 1 rings (SSSR count). The molecule has 0 aromatic carbocycles. The van der Waals surface area contributed by atoms with Gasteiger partial charge in [0.1, 0.15) is 12.2 Å². The van der Waals surface area contributed by atoms with Gasteiger partial charge in [0.25, 0.3) is 0 Å². The van der Waals surface area contributed by atoms with Crippen molar-refractivity contribution in [2.45, 2.75) is 24.7 Å². The molecule has 4 N–H and O–H groups in total. The van der Waals surface area contributed by atoms with Crippen LogP contribution in [0, 0.1) is 0 Å². The van der Waals surface area contributed by atoms with Gasteiger partial charge < -0.3 is 20.7 Å². The van der Waals surface area contributed by atoms with Crippen molar-refractivity contribution >= 4 is 5.97 Å². The van der Waals surface area contributed by atoms with Gasteiger partial charge in [-0.15, -0.1) is 0 Å². The minimum absolute atomic E-state index is 0.600. The molecule has 5 heteroatoms. The van der Waals surface area contributed by atoms with Crippen molar-refractivity contribution in [3.8, 4) is 0 Å². The molecule has 5 nitrogen and oxygen atoms in total. The van der Waals surface area contributed by atoms with E-state index < -0.39 is 30.3 Å². The van der Waals surface area contributed by atoms with Gasteiger partial charge in [-0.05, 0) is 6.92 Å². The second kappa shape index (κ2) is 2.44. The lowest BCUT2D eigenvalue weighted by Gasteiger charge is -2.20. The first kappa shape index (κ1) is 8.45. The molecule has 0 amide bonds. The van der Waals surface area contributed by atoms with E-state index in [0.717, 1.165) is 0 Å². The molecular weight excluding hydrogens is 150 g/mol. The summed E-state index contributed by atoms with van der Waals surface area (Å²) in [7, 11) is 0. The zero-order valence-electron chi connectivity index (χ0n) is 6.15. The van der Waals surface area contributed by atoms with Crippen LogP contribution in [0.4, 0.5) is 0 Å². The zero-order chi connectivity index (χ0) is 8.65. The summed E-state index contributed by atoms with van der Waals surface area (Å²) in [6.07, 6.45) is -1.76. The van der Waals surface area contributed by atoms with Crippen molar-refractivity contribution < 1.29 is 19.7 Å². The first-order valence-electron chi connectivity index (χ1n) is 3.31. The second-order valence-electron chi connectivity index (χ2n) is 2.75. The van der Waals surface area contributed by atoms with Crippen LogP contribution in [-0.4, -0.2) is 40.5 Å². The van der Waals surface area contributed by atoms with Crippen LogP contribution in [0.1, 0.15) is 6.92 Å². The highest BCUT2D eigenvalue weighted by atomic mass is 16.6. The summed E-state index contributed by atoms with van der Waals surface area (Å²) in [5, 5.41) is 18.0. The van der Waals surface area contributed by atoms with E-state index in [1.165, 1.54) is 6.92 Å². The van der Waals surface area contributed by atoms with Gasteiger partial charge in [0.15, 0.2) is 5.54 Å². The molecule has 1 heterocycles. The highest BCUT2D eigenvalue weighted by molar-refractivity contribution is 5.84. The standard InChI is InChI=1S/C6H11NO4/c1-3-4(9)6(7,2-8)5(10)11-3/h3-4,8-9H,2,7H2,1H3/t3-,4-,6-/m1/s1. The van der Waals surface area contributed by atoms with Gasteiger partial charge in [-0.1, -0.05) is 0 Å². The second-order valence-corrected chi connectivity index (χ2v) is 2.75. The van der Waals surface area contributed by atoms with Gasteiger partial charge in [0, 0.05) is 0 Å². The first-order chi connectivity index (χ1) is 5.02. The smallest absolute Gasteiger partial charge is 0.331 e. The van der Waals surface area contributed by atoms with Crippen molar-refractivity contribution in [3.05, 3.63) is 0 Å². The number of aliphatic hydroxyl groups excluding tert-OH is 2. The van der Waals surface area contributed by atoms with Gasteiger partial charge in [0.2, 0.25) is 0 Å². The Morgan fingerprint density at radius 2 is 2.36 bits per heavy atom. The molecule has 0 unspecified atom stereocenters. The van der Waals surface area contributed by atoms with Crippen molar-refractivity contribution in [1.82, 2.24) is 0 Å². The highest BCUT2D eigenvalue weighted by Gasteiger charge is 2.52. The number of carbonyl (C=O) groups is 1. The fraction of sp³-hybridized carbons (Fsp3) is 0.833. The van der Waals surface area contributed by atoms with Crippen LogP contribution in [0.5, 0.6) is 0 Å². The van der Waals surface area contributed by atoms with Crippen molar-refractivity contribution in [2.24, 2.45) is 5.73 Å². The van der Waals surface area contributed by atoms with Gasteiger partial charge in [0.05, 0.1) is 6.61 Å². The Balaban J connectivity index is 2.87. The van der Waals surface area contributed by atoms with Crippen LogP contribution in [0.3, 0.4) is 0 Å². The lowest BCUT2D eigenvalue weighted by Crippen LogP contribution is -2.57. The third-order valence-electron chi connectivity index (χ3n) is 1.91. The predicted octanol–water partition coefficient (Wildman–Crippen LogP) is -2.02. The fourth-order valence-corrected chi connectivity index (χ4v) is 1.04. The minimum atomic E-state index is -1.63. The molecule has 0 aliphatic carbocycles. The Morgan fingerprint density at radius 3 is 2.55 bits per heavy atom. The number of nitrogens with two attached hydrogens (primary N) is 1. The summed E-state index contributed by atoms with van der Waals surface area (Å²) in [5.41, 5.74) is 3.74. The number of hydrogen-bond donors (Lipinski definition) is 3. The van der Waals surface area contributed by atoms with Crippen LogP contribution in [-0.2, 0) is 9.53 Å². The third kappa shape index (κ3) is 1.01. The van der Waals surface area contributed by atoms with Gasteiger partial charge in [-0.3, -0.25) is 0 Å². The molecule has 1 fully saturated rings. The number of rotatable bonds is 1. The summed E-state index contributed by atoms with van der Waals surface area (Å²) in [4.78, 5) is 10.9. The molecule has 0 aromatic rings. The molecule has 0 bridgehead atoms. The maximum Gasteiger partial charge on any atom is 0.331 e. The van der Waals surface area contributed by atoms with Gasteiger partial charge in [-0.25, -0.2) is 4.79 Å². The van der Waals surface area contributed by atoms with E-state index in [0.29, 0.717) is 0 Å². The van der Waals surface area contributed by atoms with E-state index in [1.807, 2.05) is 0 Å². The molecule has 0 radical (unpaired) electrons. The topological polar surface area (TPSA) is 92.8 Å². The largest absolute Gasteiger partial charge is 0.458 e. The number of cyclic esters (lactones) is 1. The molecule has 0 saturated carbocycles. The molecule has 0 aromatic heterocycles. The molecule has 3 atom stereocenters. The summed E-state index contributed by atoms with van der Waals surface area (Å²) in [6, 6.07) is 0. The van der Waals surface area contributed by atoms with E-state index in [1.54, 1.807) is 0 Å². The van der Waals surface area contributed by atoms with Crippen molar-refractivity contribution in [2.75, 3.05) is 6.61 Å². The number of hydrogen-bond acceptors (Lipinski definition) is 5. The van der Waals surface area contributed by atoms with E-state index in [2.05, 4.69) is 4.74 Å². The molecule has 0 spiro atoms. The quantitative estimate of drug-likeness (QED) is 0.386. The van der Waals surface area contributed by atoms with Gasteiger partial charge in [-0.2, -0.15) is 0 Å². The Labute approximate surface area is 63.8 Å². The SMILES string of the molecule is C[C@H]1OC(=O)[C@@](N)(CO)[C@@H]1O. The Hall–Kier alpha value is -0.650. The molecular formula is C6H11NO4. The number of ether oxygens (including phenoxy) is 1. The van der Waals surface area contributed by atoms with Crippen LogP contribution in [0.15, 0.2) is 0 Å². The zero-order valence-corrected chi connectivity index (χ0v) is 6.15. The first-order valence-corrected chi connectivity index (χ1v) is 3.31. The highest BCUT2D eigenvalue weighted by Crippen LogP contribution is 2.22. The van der Waals surface area contributed by atoms with Crippen LogP contribution < -0.4 is 5.73 Å². The average molecular weight is 161 g/mol. The maximum absolute atomic E-state index is 10.9. The summed E-state index contributed by atoms with van der Waals surface area (Å²) < 4.78 is 4.61. The van der Waals surface area contributed by atoms with Crippen molar-refractivity contribution in [1.29, 1.82) is 0 Å². The van der Waals surface area contributed by atoms with E-state index in [4.69, 9.17) is 10.8 Å². The predicted molar refractivity (Wildman–Crippen MR) is 35.6 cm³/mol. The normalized spacial score (nSPS) is 44.2. The summed E-state index contributed by atoms with van der Waals surface area (Å²) in [5.74, 6) is -0.750. The lowest BCUT2D eigenvalue weighted by molar-refractivity contribution is -0.145. The fourth-order valence-electron chi connectivity index (χ4n) is 1.04. The summed E-state index contributed by atoms with van der Waals surface area (Å²) >= 11 is 0. The molecule has 1 saturated heterocycles. The van der Waals surface area contributed by atoms with Gasteiger partial charge >= 0.3 is 5.97 Å². The minimum Gasteiger partial charge on any atom is -0.458 e. The summed E-state index contributed by atoms with van der Waals surface area (Å²) in [6.45, 7) is 0.921. The van der Waals surface area contributed by atoms with Crippen LogP contribution in [0.2, 0.25) is 0 Å².